The van der Waals surface area contributed by atoms with Gasteiger partial charge in [0.25, 0.3) is 0 Å². The summed E-state index contributed by atoms with van der Waals surface area (Å²) in [6.07, 6.45) is 54.7. The summed E-state index contributed by atoms with van der Waals surface area (Å²) in [6, 6.07) is -0.865. The quantitative estimate of drug-likeness (QED) is 0.0333. The molecule has 4 N–H and O–H groups in total. The zero-order valence-corrected chi connectivity index (χ0v) is 34.0. The lowest BCUT2D eigenvalue weighted by Crippen LogP contribution is -2.40. The number of esters is 1. The van der Waals surface area contributed by atoms with Gasteiger partial charge in [0.2, 0.25) is 5.91 Å². The molecule has 7 heteroatoms. The van der Waals surface area contributed by atoms with Crippen molar-refractivity contribution in [2.24, 2.45) is 5.73 Å². The number of carbonyl (C=O) groups is 3. The highest BCUT2D eigenvalue weighted by molar-refractivity contribution is 5.83. The van der Waals surface area contributed by atoms with Gasteiger partial charge in [-0.3, -0.25) is 9.59 Å². The largest absolute Gasteiger partial charge is 0.480 e. The molecule has 54 heavy (non-hydrogen) atoms. The second-order valence-electron chi connectivity index (χ2n) is 13.6. The molecule has 304 valence electrons. The number of rotatable bonds is 36. The van der Waals surface area contributed by atoms with Gasteiger partial charge in [0.05, 0.1) is 0 Å². The van der Waals surface area contributed by atoms with Crippen LogP contribution in [-0.4, -0.2) is 41.6 Å². The molecule has 0 aromatic carbocycles. The number of allylic oxidation sites excluding steroid dienone is 15. The number of nitrogens with one attached hydrogen (secondary N) is 1. The molecule has 0 aromatic heterocycles. The third kappa shape index (κ3) is 36.6. The van der Waals surface area contributed by atoms with Crippen molar-refractivity contribution in [3.05, 3.63) is 97.2 Å². The van der Waals surface area contributed by atoms with Gasteiger partial charge in [0.15, 0.2) is 0 Å². The molecule has 0 aliphatic carbocycles. The van der Waals surface area contributed by atoms with Gasteiger partial charge in [0.1, 0.15) is 12.1 Å². The fourth-order valence-electron chi connectivity index (χ4n) is 5.53. The summed E-state index contributed by atoms with van der Waals surface area (Å²) in [7, 11) is 0. The van der Waals surface area contributed by atoms with Crippen molar-refractivity contribution >= 4 is 17.8 Å². The molecule has 2 atom stereocenters. The Labute approximate surface area is 329 Å². The number of hydrogen-bond acceptors (Lipinski definition) is 5. The van der Waals surface area contributed by atoms with Crippen LogP contribution < -0.4 is 11.1 Å². The molecule has 0 saturated carbocycles. The summed E-state index contributed by atoms with van der Waals surface area (Å²) in [4.78, 5) is 36.2. The minimum absolute atomic E-state index is 0.119. The number of ether oxygens (including phenoxy) is 1. The first kappa shape index (κ1) is 50.3. The second kappa shape index (κ2) is 40.5. The molecule has 0 fully saturated rings. The maximum Gasteiger partial charge on any atom is 0.326 e. The van der Waals surface area contributed by atoms with E-state index in [9.17, 15) is 19.5 Å². The van der Waals surface area contributed by atoms with Crippen molar-refractivity contribution in [2.45, 2.75) is 174 Å². The molecule has 0 aromatic rings. The Bertz CT molecular complexity index is 1160. The highest BCUT2D eigenvalue weighted by Gasteiger charge is 2.18. The van der Waals surface area contributed by atoms with Gasteiger partial charge in [0, 0.05) is 12.8 Å². The first-order valence-electron chi connectivity index (χ1n) is 21.1. The second-order valence-corrected chi connectivity index (χ2v) is 13.6. The molecule has 0 radical (unpaired) electrons. The summed E-state index contributed by atoms with van der Waals surface area (Å²) in [5.41, 5.74) is 5.47. The van der Waals surface area contributed by atoms with E-state index in [-0.39, 0.29) is 18.0 Å². The SMILES string of the molecule is CC/C=C\C/C=C\C/C=C\C/C=C\C/C=C\CCCCCC(=O)OC(/C=C\C/C=C\C/C=C\CC)CCCCCCCCC(=O)NC(CCCN)C(=O)O. The number of aliphatic carboxylic acids is 1. The van der Waals surface area contributed by atoms with Crippen LogP contribution in [0.4, 0.5) is 0 Å². The van der Waals surface area contributed by atoms with Crippen molar-refractivity contribution in [3.63, 3.8) is 0 Å². The third-order valence-electron chi connectivity index (χ3n) is 8.63. The van der Waals surface area contributed by atoms with Crippen LogP contribution in [0.3, 0.4) is 0 Å². The molecule has 0 rings (SSSR count). The van der Waals surface area contributed by atoms with Gasteiger partial charge in [-0.25, -0.2) is 4.79 Å². The van der Waals surface area contributed by atoms with E-state index in [1.807, 2.05) is 6.08 Å². The van der Waals surface area contributed by atoms with Crippen molar-refractivity contribution in [2.75, 3.05) is 6.54 Å². The van der Waals surface area contributed by atoms with E-state index in [2.05, 4.69) is 110 Å². The third-order valence-corrected chi connectivity index (χ3v) is 8.63. The minimum Gasteiger partial charge on any atom is -0.480 e. The molecule has 2 unspecified atom stereocenters. The van der Waals surface area contributed by atoms with E-state index in [1.165, 1.54) is 0 Å². The van der Waals surface area contributed by atoms with E-state index < -0.39 is 12.0 Å². The molecule has 0 spiro atoms. The number of carboxylic acids is 1. The summed E-state index contributed by atoms with van der Waals surface area (Å²) >= 11 is 0. The number of nitrogens with two attached hydrogens (primary N) is 1. The number of amides is 1. The average Bonchev–Trinajstić information content (AvgIpc) is 3.16. The number of unbranched alkanes of at least 4 members (excludes halogenated alkanes) is 8. The van der Waals surface area contributed by atoms with Crippen molar-refractivity contribution in [1.29, 1.82) is 0 Å². The highest BCUT2D eigenvalue weighted by atomic mass is 16.5. The van der Waals surface area contributed by atoms with Gasteiger partial charge in [-0.2, -0.15) is 0 Å². The average molecular weight is 749 g/mol. The van der Waals surface area contributed by atoms with Crippen molar-refractivity contribution < 1.29 is 24.2 Å². The Morgan fingerprint density at radius 2 is 1.02 bits per heavy atom. The fraction of sp³-hybridized carbons (Fsp3) is 0.596. The molecular formula is C47H76N2O5. The topological polar surface area (TPSA) is 119 Å². The molecule has 7 nitrogen and oxygen atoms in total. The Kier molecular flexibility index (Phi) is 37.7. The van der Waals surface area contributed by atoms with E-state index in [4.69, 9.17) is 10.5 Å². The molecular weight excluding hydrogens is 673 g/mol. The highest BCUT2D eigenvalue weighted by Crippen LogP contribution is 2.15. The monoisotopic (exact) mass is 749 g/mol. The lowest BCUT2D eigenvalue weighted by atomic mass is 10.0. The predicted molar refractivity (Wildman–Crippen MR) is 229 cm³/mol. The Morgan fingerprint density at radius 3 is 1.56 bits per heavy atom. The summed E-state index contributed by atoms with van der Waals surface area (Å²) in [5, 5.41) is 11.9. The van der Waals surface area contributed by atoms with Crippen LogP contribution in [0.5, 0.6) is 0 Å². The van der Waals surface area contributed by atoms with Crippen LogP contribution in [-0.2, 0) is 19.1 Å². The Balaban J connectivity index is 4.36. The number of carbonyl (C=O) groups excluding carboxylic acids is 2. The van der Waals surface area contributed by atoms with Crippen LogP contribution in [0.25, 0.3) is 0 Å². The maximum atomic E-state index is 12.7. The van der Waals surface area contributed by atoms with Gasteiger partial charge >= 0.3 is 11.9 Å². The zero-order valence-electron chi connectivity index (χ0n) is 34.0. The normalized spacial score (nSPS) is 13.7. The van der Waals surface area contributed by atoms with Gasteiger partial charge in [-0.05, 0) is 115 Å². The summed E-state index contributed by atoms with van der Waals surface area (Å²) in [5.74, 6) is -1.35. The van der Waals surface area contributed by atoms with Crippen molar-refractivity contribution in [3.8, 4) is 0 Å². The molecule has 0 aliphatic rings. The van der Waals surface area contributed by atoms with Crippen LogP contribution in [0.1, 0.15) is 162 Å². The molecule has 0 aliphatic heterocycles. The fourth-order valence-corrected chi connectivity index (χ4v) is 5.53. The molecule has 1 amide bonds. The molecule has 0 saturated heterocycles. The summed E-state index contributed by atoms with van der Waals surface area (Å²) in [6.45, 7) is 4.69. The van der Waals surface area contributed by atoms with Gasteiger partial charge in [-0.1, -0.05) is 137 Å². The van der Waals surface area contributed by atoms with E-state index in [0.29, 0.717) is 32.2 Å². The van der Waals surface area contributed by atoms with Crippen molar-refractivity contribution in [1.82, 2.24) is 5.32 Å². The smallest absolute Gasteiger partial charge is 0.326 e. The number of carboxylic acid groups (broad SMARTS) is 1. The van der Waals surface area contributed by atoms with Crippen LogP contribution in [0.2, 0.25) is 0 Å². The standard InChI is InChI=1S/C47H76N2O5/c1-3-5-7-9-11-13-14-15-16-17-18-19-20-21-22-23-25-31-35-41-46(51)54-43(37-32-28-24-12-10-8-6-4-2)38-33-29-26-27-30-34-40-45(50)49-44(47(52)53)39-36-42-48/h5-8,11-13,15-16,18-19,21-22,24,32,37,43-44H,3-4,9-10,14,17,20,23,25-31,33-36,38-42,48H2,1-2H3,(H,49,50)(H,52,53)/b7-5-,8-6-,13-11-,16-15-,19-18-,22-21-,24-12-,37-32-. The first-order chi connectivity index (χ1) is 26.4. The van der Waals surface area contributed by atoms with Crippen LogP contribution in [0.15, 0.2) is 97.2 Å². The summed E-state index contributed by atoms with van der Waals surface area (Å²) < 4.78 is 5.91. The van der Waals surface area contributed by atoms with Gasteiger partial charge < -0.3 is 20.9 Å². The van der Waals surface area contributed by atoms with E-state index in [1.54, 1.807) is 0 Å². The lowest BCUT2D eigenvalue weighted by Gasteiger charge is -2.15. The zero-order chi connectivity index (χ0) is 39.6. The van der Waals surface area contributed by atoms with E-state index in [0.717, 1.165) is 122 Å². The molecule has 0 heterocycles. The lowest BCUT2D eigenvalue weighted by molar-refractivity contribution is -0.147. The minimum atomic E-state index is -1.01. The van der Waals surface area contributed by atoms with Gasteiger partial charge in [-0.15, -0.1) is 0 Å². The maximum absolute atomic E-state index is 12.7. The van der Waals surface area contributed by atoms with E-state index >= 15 is 0 Å². The Hall–Kier alpha value is -3.71. The first-order valence-corrected chi connectivity index (χ1v) is 21.1. The Morgan fingerprint density at radius 1 is 0.556 bits per heavy atom. The molecule has 0 bridgehead atoms. The predicted octanol–water partition coefficient (Wildman–Crippen LogP) is 11.9. The van der Waals surface area contributed by atoms with Crippen LogP contribution >= 0.6 is 0 Å². The van der Waals surface area contributed by atoms with Crippen LogP contribution in [0, 0.1) is 0 Å². The number of hydrogen-bond donors (Lipinski definition) is 3.